The number of nitro benzene ring substituents is 1. The van der Waals surface area contributed by atoms with E-state index in [1.165, 1.54) is 18.3 Å². The summed E-state index contributed by atoms with van der Waals surface area (Å²) in [6, 6.07) is 14.1. The fourth-order valence-electron chi connectivity index (χ4n) is 1.96. The molecule has 1 unspecified atom stereocenters. The summed E-state index contributed by atoms with van der Waals surface area (Å²) in [6.07, 6.45) is 0.567. The van der Waals surface area contributed by atoms with E-state index in [9.17, 15) is 20.3 Å². The van der Waals surface area contributed by atoms with Crippen LogP contribution in [0.25, 0.3) is 0 Å². The molecule has 0 saturated carbocycles. The Bertz CT molecular complexity index is 641. The van der Waals surface area contributed by atoms with Gasteiger partial charge in [-0.05, 0) is 23.3 Å². The quantitative estimate of drug-likeness (QED) is 0.485. The van der Waals surface area contributed by atoms with Crippen LogP contribution in [0.1, 0.15) is 17.2 Å². The number of aliphatic hydroxyl groups is 2. The second-order valence-electron chi connectivity index (χ2n) is 4.73. The molecule has 6 heteroatoms. The van der Waals surface area contributed by atoms with Crippen LogP contribution in [-0.2, 0) is 0 Å². The van der Waals surface area contributed by atoms with Gasteiger partial charge in [0.25, 0.3) is 5.69 Å². The van der Waals surface area contributed by atoms with E-state index in [0.29, 0.717) is 11.1 Å². The van der Waals surface area contributed by atoms with Gasteiger partial charge in [0.1, 0.15) is 12.1 Å². The highest BCUT2D eigenvalue weighted by atomic mass is 16.6. The zero-order valence-corrected chi connectivity index (χ0v) is 11.7. The van der Waals surface area contributed by atoms with Crippen LogP contribution in [0.4, 0.5) is 5.69 Å². The van der Waals surface area contributed by atoms with Crippen molar-refractivity contribution < 1.29 is 15.1 Å². The summed E-state index contributed by atoms with van der Waals surface area (Å²) >= 11 is 0. The van der Waals surface area contributed by atoms with Gasteiger partial charge in [-0.1, -0.05) is 30.3 Å². The van der Waals surface area contributed by atoms with Gasteiger partial charge >= 0.3 is 0 Å². The van der Waals surface area contributed by atoms with Crippen molar-refractivity contribution in [1.82, 2.24) is 0 Å². The van der Waals surface area contributed by atoms with Crippen molar-refractivity contribution in [2.45, 2.75) is 12.1 Å². The molecule has 0 heterocycles. The van der Waals surface area contributed by atoms with Crippen LogP contribution in [0, 0.1) is 10.1 Å². The van der Waals surface area contributed by atoms with Gasteiger partial charge in [-0.25, -0.2) is 0 Å². The number of non-ortho nitro benzene ring substituents is 1. The normalized spacial score (nSPS) is 13.9. The summed E-state index contributed by atoms with van der Waals surface area (Å²) in [4.78, 5) is 14.3. The predicted octanol–water partition coefficient (Wildman–Crippen LogP) is 2.11. The highest BCUT2D eigenvalue weighted by Gasteiger charge is 2.18. The standard InChI is InChI=1S/C16H16N2O4/c19-11-15(16(20)13-4-2-1-3-5-13)17-10-12-6-8-14(9-7-12)18(21)22/h1-10,15-16,19-20H,11H2/t15-,16?/m0/s1. The molecule has 0 aliphatic rings. The van der Waals surface area contributed by atoms with Gasteiger partial charge in [0.05, 0.1) is 11.5 Å². The monoisotopic (exact) mass is 300 g/mol. The minimum Gasteiger partial charge on any atom is -0.394 e. The molecule has 2 rings (SSSR count). The number of aliphatic hydroxyl groups excluding tert-OH is 2. The third-order valence-corrected chi connectivity index (χ3v) is 3.21. The fraction of sp³-hybridized carbons (Fsp3) is 0.188. The van der Waals surface area contributed by atoms with Gasteiger partial charge in [0.2, 0.25) is 0 Å². The lowest BCUT2D eigenvalue weighted by Gasteiger charge is -2.17. The molecular weight excluding hydrogens is 284 g/mol. The number of aliphatic imine (C=N–C) groups is 1. The van der Waals surface area contributed by atoms with E-state index in [-0.39, 0.29) is 12.3 Å². The van der Waals surface area contributed by atoms with Gasteiger partial charge in [-0.3, -0.25) is 15.1 Å². The number of hydrogen-bond acceptors (Lipinski definition) is 5. The molecule has 2 aromatic rings. The molecule has 0 spiro atoms. The van der Waals surface area contributed by atoms with Gasteiger partial charge in [-0.15, -0.1) is 0 Å². The molecule has 2 atom stereocenters. The summed E-state index contributed by atoms with van der Waals surface area (Å²) in [5.74, 6) is 0. The number of hydrogen-bond donors (Lipinski definition) is 2. The van der Waals surface area contributed by atoms with Gasteiger partial charge in [0, 0.05) is 18.3 Å². The number of benzene rings is 2. The Morgan fingerprint density at radius 3 is 2.32 bits per heavy atom. The zero-order valence-electron chi connectivity index (χ0n) is 11.7. The summed E-state index contributed by atoms with van der Waals surface area (Å²) < 4.78 is 0. The molecule has 0 amide bonds. The first-order valence-corrected chi connectivity index (χ1v) is 6.73. The lowest BCUT2D eigenvalue weighted by Crippen LogP contribution is -2.20. The van der Waals surface area contributed by atoms with Crippen LogP contribution in [0.15, 0.2) is 59.6 Å². The summed E-state index contributed by atoms with van der Waals surface area (Å²) in [5, 5.41) is 30.2. The molecule has 114 valence electrons. The second-order valence-corrected chi connectivity index (χ2v) is 4.73. The highest BCUT2D eigenvalue weighted by Crippen LogP contribution is 2.19. The topological polar surface area (TPSA) is 96.0 Å². The fourth-order valence-corrected chi connectivity index (χ4v) is 1.96. The van der Waals surface area contributed by atoms with Gasteiger partial charge in [-0.2, -0.15) is 0 Å². The van der Waals surface area contributed by atoms with Crippen LogP contribution < -0.4 is 0 Å². The van der Waals surface area contributed by atoms with E-state index in [4.69, 9.17) is 0 Å². The summed E-state index contributed by atoms with van der Waals surface area (Å²) in [6.45, 7) is -0.306. The third-order valence-electron chi connectivity index (χ3n) is 3.21. The van der Waals surface area contributed by atoms with Gasteiger partial charge in [0.15, 0.2) is 0 Å². The molecule has 0 radical (unpaired) electrons. The van der Waals surface area contributed by atoms with Crippen molar-refractivity contribution in [2.75, 3.05) is 6.61 Å². The zero-order chi connectivity index (χ0) is 15.9. The third kappa shape index (κ3) is 3.97. The molecule has 0 saturated heterocycles. The van der Waals surface area contributed by atoms with Crippen molar-refractivity contribution in [1.29, 1.82) is 0 Å². The van der Waals surface area contributed by atoms with Crippen LogP contribution in [0.2, 0.25) is 0 Å². The Kier molecular flexibility index (Phi) is 5.35. The average Bonchev–Trinajstić information content (AvgIpc) is 2.56. The first-order valence-electron chi connectivity index (χ1n) is 6.73. The number of nitro groups is 1. The molecule has 0 fully saturated rings. The average molecular weight is 300 g/mol. The van der Waals surface area contributed by atoms with Crippen molar-refractivity contribution in [2.24, 2.45) is 4.99 Å². The maximum absolute atomic E-state index is 10.6. The predicted molar refractivity (Wildman–Crippen MR) is 83.0 cm³/mol. The SMILES string of the molecule is O=[N+]([O-])c1ccc(C=N[C@@H](CO)C(O)c2ccccc2)cc1. The van der Waals surface area contributed by atoms with E-state index in [2.05, 4.69) is 4.99 Å². The van der Waals surface area contributed by atoms with E-state index < -0.39 is 17.1 Å². The Hall–Kier alpha value is -2.57. The van der Waals surface area contributed by atoms with Crippen molar-refractivity contribution in [3.8, 4) is 0 Å². The lowest BCUT2D eigenvalue weighted by atomic mass is 10.0. The summed E-state index contributed by atoms with van der Waals surface area (Å²) in [7, 11) is 0. The molecule has 22 heavy (non-hydrogen) atoms. The molecule has 0 aliphatic carbocycles. The lowest BCUT2D eigenvalue weighted by molar-refractivity contribution is -0.384. The molecular formula is C16H16N2O4. The van der Waals surface area contributed by atoms with Gasteiger partial charge < -0.3 is 10.2 Å². The second kappa shape index (κ2) is 7.44. The van der Waals surface area contributed by atoms with Crippen molar-refractivity contribution in [3.63, 3.8) is 0 Å². The van der Waals surface area contributed by atoms with Crippen LogP contribution in [-0.4, -0.2) is 34.0 Å². The first-order chi connectivity index (χ1) is 10.6. The molecule has 6 nitrogen and oxygen atoms in total. The minimum absolute atomic E-state index is 0.000165. The molecule has 0 aromatic heterocycles. The van der Waals surface area contributed by atoms with Crippen molar-refractivity contribution >= 4 is 11.9 Å². The van der Waals surface area contributed by atoms with Crippen LogP contribution >= 0.6 is 0 Å². The Morgan fingerprint density at radius 1 is 1.14 bits per heavy atom. The van der Waals surface area contributed by atoms with E-state index >= 15 is 0 Å². The highest BCUT2D eigenvalue weighted by molar-refractivity contribution is 5.80. The maximum atomic E-state index is 10.6. The number of rotatable bonds is 6. The molecule has 2 aromatic carbocycles. The Labute approximate surface area is 127 Å². The van der Waals surface area contributed by atoms with E-state index in [1.807, 2.05) is 6.07 Å². The van der Waals surface area contributed by atoms with E-state index in [1.54, 1.807) is 36.4 Å². The van der Waals surface area contributed by atoms with Crippen LogP contribution in [0.3, 0.4) is 0 Å². The Balaban J connectivity index is 2.10. The van der Waals surface area contributed by atoms with E-state index in [0.717, 1.165) is 0 Å². The minimum atomic E-state index is -0.916. The molecule has 2 N–H and O–H groups in total. The smallest absolute Gasteiger partial charge is 0.269 e. The Morgan fingerprint density at radius 2 is 1.77 bits per heavy atom. The first kappa shape index (κ1) is 15.8. The largest absolute Gasteiger partial charge is 0.394 e. The molecule has 0 aliphatic heterocycles. The summed E-state index contributed by atoms with van der Waals surface area (Å²) in [5.41, 5.74) is 1.33. The molecule has 0 bridgehead atoms. The number of nitrogens with zero attached hydrogens (tertiary/aromatic N) is 2. The van der Waals surface area contributed by atoms with Crippen molar-refractivity contribution in [3.05, 3.63) is 75.8 Å². The maximum Gasteiger partial charge on any atom is 0.269 e. The van der Waals surface area contributed by atoms with Crippen LogP contribution in [0.5, 0.6) is 0 Å².